The second kappa shape index (κ2) is 43.7. The predicted octanol–water partition coefficient (Wildman–Crippen LogP) is 16.5. The molecule has 65 heavy (non-hydrogen) atoms. The lowest BCUT2D eigenvalue weighted by Gasteiger charge is -2.30. The fraction of sp³-hybridized carbons (Fsp3) is 0.793. The van der Waals surface area contributed by atoms with E-state index in [0.29, 0.717) is 0 Å². The summed E-state index contributed by atoms with van der Waals surface area (Å²) in [4.78, 5) is 20.4. The van der Waals surface area contributed by atoms with Gasteiger partial charge in [0.25, 0.3) is 0 Å². The number of quaternary nitrogens is 2. The number of benzene rings is 2. The molecule has 0 aromatic heterocycles. The lowest BCUT2D eigenvalue weighted by Crippen LogP contribution is -2.39. The first-order chi connectivity index (χ1) is 31.3. The Morgan fingerprint density at radius 3 is 0.969 bits per heavy atom. The molecule has 0 N–H and O–H groups in total. The van der Waals surface area contributed by atoms with Crippen molar-refractivity contribution >= 4 is 7.82 Å². The van der Waals surface area contributed by atoms with Crippen LogP contribution in [0.15, 0.2) is 60.7 Å². The molecule has 0 spiro atoms. The Morgan fingerprint density at radius 1 is 0.431 bits per heavy atom. The number of nitrogens with zero attached hydrogens (tertiary/aromatic N) is 2. The standard InChI is InChI=1S/2C25H46N.C8H19O4P/c2*1-4-5-6-7-8-9-10-11-12-13-14-15-16-20-23-26(2,3)24-25-21-18-17-19-22-25;1-3-5-6-8(4-2)7-12-13(9,10)11/h2*17-19,21-22H,4-16,20,23-24H2,1-3H3;8H,3-7H2,1-2H3,(H2,9,10,11)/q2*+1;/p-2. The molecule has 0 saturated carbocycles. The van der Waals surface area contributed by atoms with E-state index in [0.717, 1.165) is 47.7 Å². The molecule has 2 aromatic rings. The summed E-state index contributed by atoms with van der Waals surface area (Å²) in [6.07, 6.45) is 44.2. The monoisotopic (exact) mass is 929 g/mol. The van der Waals surface area contributed by atoms with Crippen LogP contribution in [-0.4, -0.2) is 56.9 Å². The molecule has 2 rings (SSSR count). The highest BCUT2D eigenvalue weighted by atomic mass is 31.2. The maximum absolute atomic E-state index is 10.2. The summed E-state index contributed by atoms with van der Waals surface area (Å²) >= 11 is 0. The maximum Gasteiger partial charge on any atom is 0.104 e. The highest BCUT2D eigenvalue weighted by Gasteiger charge is 2.16. The van der Waals surface area contributed by atoms with E-state index in [2.05, 4.69) is 114 Å². The molecule has 0 aliphatic rings. The molecule has 0 bridgehead atoms. The number of phosphoric acid groups is 1. The summed E-state index contributed by atoms with van der Waals surface area (Å²) in [6, 6.07) is 21.9. The summed E-state index contributed by atoms with van der Waals surface area (Å²) in [7, 11) is 4.72. The Hall–Kier alpha value is -1.53. The number of rotatable bonds is 41. The molecule has 1 unspecified atom stereocenters. The van der Waals surface area contributed by atoms with Crippen LogP contribution in [0.5, 0.6) is 0 Å². The fourth-order valence-electron chi connectivity index (χ4n) is 8.88. The number of unbranched alkanes of at least 4 members (excludes halogenated alkanes) is 27. The van der Waals surface area contributed by atoms with Crippen LogP contribution >= 0.6 is 7.82 Å². The molecule has 1 atom stereocenters. The first-order valence-electron chi connectivity index (χ1n) is 27.7. The first kappa shape index (κ1) is 63.5. The predicted molar refractivity (Wildman–Crippen MR) is 282 cm³/mol. The Labute approximate surface area is 405 Å². The lowest BCUT2D eigenvalue weighted by atomic mass is 10.0. The van der Waals surface area contributed by atoms with E-state index in [1.807, 2.05) is 6.92 Å². The van der Waals surface area contributed by atoms with Crippen molar-refractivity contribution in [3.05, 3.63) is 71.8 Å². The highest BCUT2D eigenvalue weighted by Crippen LogP contribution is 2.27. The van der Waals surface area contributed by atoms with Gasteiger partial charge in [-0.2, -0.15) is 0 Å². The molecule has 6 nitrogen and oxygen atoms in total. The zero-order chi connectivity index (χ0) is 48.2. The van der Waals surface area contributed by atoms with E-state index in [4.69, 9.17) is 0 Å². The van der Waals surface area contributed by atoms with Gasteiger partial charge in [-0.05, 0) is 38.0 Å². The Morgan fingerprint density at radius 2 is 0.708 bits per heavy atom. The summed E-state index contributed by atoms with van der Waals surface area (Å²) in [5.41, 5.74) is 2.92. The van der Waals surface area contributed by atoms with Gasteiger partial charge in [-0.25, -0.2) is 0 Å². The van der Waals surface area contributed by atoms with Gasteiger partial charge in [-0.3, -0.25) is 0 Å². The van der Waals surface area contributed by atoms with Gasteiger partial charge >= 0.3 is 0 Å². The normalized spacial score (nSPS) is 12.3. The molecular weight excluding hydrogens is 820 g/mol. The summed E-state index contributed by atoms with van der Waals surface area (Å²) in [5, 5.41) is 0. The van der Waals surface area contributed by atoms with Gasteiger partial charge in [0.2, 0.25) is 0 Å². The van der Waals surface area contributed by atoms with E-state index < -0.39 is 7.82 Å². The van der Waals surface area contributed by atoms with Crippen LogP contribution in [0.2, 0.25) is 0 Å². The molecule has 0 fully saturated rings. The molecule has 0 saturated heterocycles. The van der Waals surface area contributed by atoms with Gasteiger partial charge in [0.05, 0.1) is 55.7 Å². The average molecular weight is 929 g/mol. The topological polar surface area (TPSA) is 72.4 Å². The molecule has 7 heteroatoms. The molecule has 0 aliphatic heterocycles. The van der Waals surface area contributed by atoms with E-state index in [9.17, 15) is 14.4 Å². The van der Waals surface area contributed by atoms with Crippen LogP contribution in [-0.2, 0) is 22.2 Å². The van der Waals surface area contributed by atoms with E-state index in [1.54, 1.807) is 0 Å². The molecular formula is C58H109N2O4P. The second-order valence-corrected chi connectivity index (χ2v) is 22.1. The number of phosphoric ester groups is 1. The van der Waals surface area contributed by atoms with Gasteiger partial charge in [-0.1, -0.05) is 262 Å². The minimum atomic E-state index is -4.76. The van der Waals surface area contributed by atoms with Crippen molar-refractivity contribution in [1.82, 2.24) is 0 Å². The van der Waals surface area contributed by atoms with E-state index in [1.165, 1.54) is 204 Å². The molecule has 0 heterocycles. The van der Waals surface area contributed by atoms with Gasteiger partial charge in [0, 0.05) is 11.1 Å². The summed E-state index contributed by atoms with van der Waals surface area (Å²) < 4.78 is 16.6. The molecule has 0 amide bonds. The lowest BCUT2D eigenvalue weighted by molar-refractivity contribution is -0.903. The minimum absolute atomic E-state index is 0.0424. The first-order valence-corrected chi connectivity index (χ1v) is 29.1. The van der Waals surface area contributed by atoms with Crippen molar-refractivity contribution in [2.24, 2.45) is 5.92 Å². The van der Waals surface area contributed by atoms with Crippen molar-refractivity contribution in [2.75, 3.05) is 47.9 Å². The third-order valence-electron chi connectivity index (χ3n) is 13.2. The Bertz CT molecular complexity index is 1220. The van der Waals surface area contributed by atoms with Gasteiger partial charge in [-0.15, -0.1) is 0 Å². The van der Waals surface area contributed by atoms with E-state index in [-0.39, 0.29) is 12.5 Å². The number of hydrogen-bond donors (Lipinski definition) is 0. The van der Waals surface area contributed by atoms with Crippen molar-refractivity contribution in [3.63, 3.8) is 0 Å². The Balaban J connectivity index is 0.00000100. The van der Waals surface area contributed by atoms with E-state index >= 15 is 0 Å². The molecule has 2 aromatic carbocycles. The van der Waals surface area contributed by atoms with Crippen LogP contribution < -0.4 is 9.79 Å². The van der Waals surface area contributed by atoms with Crippen LogP contribution in [0.4, 0.5) is 0 Å². The smallest absolute Gasteiger partial charge is 0.104 e. The van der Waals surface area contributed by atoms with Crippen molar-refractivity contribution in [3.8, 4) is 0 Å². The van der Waals surface area contributed by atoms with Crippen LogP contribution in [0, 0.1) is 5.92 Å². The van der Waals surface area contributed by atoms with Crippen molar-refractivity contribution < 1.29 is 27.8 Å². The summed E-state index contributed by atoms with van der Waals surface area (Å²) in [5.74, 6) is 0.191. The van der Waals surface area contributed by atoms with Crippen LogP contribution in [0.3, 0.4) is 0 Å². The third kappa shape index (κ3) is 46.0. The second-order valence-electron chi connectivity index (χ2n) is 21.0. The van der Waals surface area contributed by atoms with Gasteiger partial charge < -0.3 is 27.8 Å². The third-order valence-corrected chi connectivity index (χ3v) is 13.6. The molecule has 0 aliphatic carbocycles. The maximum atomic E-state index is 10.2. The SMILES string of the molecule is CCCCC(CC)COP(=O)([O-])[O-].CCCCCCCCCCCCCCCC[N+](C)(C)Cc1ccccc1.CCCCCCCCCCCCCCCC[N+](C)(C)Cc1ccccc1. The largest absolute Gasteiger partial charge is 0.790 e. The van der Waals surface area contributed by atoms with Crippen molar-refractivity contribution in [2.45, 2.75) is 246 Å². The van der Waals surface area contributed by atoms with Gasteiger partial charge in [0.15, 0.2) is 0 Å². The fourth-order valence-corrected chi connectivity index (χ4v) is 9.27. The number of hydrogen-bond acceptors (Lipinski definition) is 4. The summed E-state index contributed by atoms with van der Waals surface area (Å²) in [6.45, 7) is 13.6. The molecule has 380 valence electrons. The molecule has 0 radical (unpaired) electrons. The van der Waals surface area contributed by atoms with Crippen LogP contribution in [0.25, 0.3) is 0 Å². The van der Waals surface area contributed by atoms with Crippen LogP contribution in [0.1, 0.15) is 244 Å². The zero-order valence-electron chi connectivity index (χ0n) is 44.5. The minimum Gasteiger partial charge on any atom is -0.790 e. The van der Waals surface area contributed by atoms with Crippen molar-refractivity contribution in [1.29, 1.82) is 0 Å². The quantitative estimate of drug-likeness (QED) is 0.0378. The highest BCUT2D eigenvalue weighted by molar-refractivity contribution is 7.43. The zero-order valence-corrected chi connectivity index (χ0v) is 45.4. The van der Waals surface area contributed by atoms with Gasteiger partial charge in [0.1, 0.15) is 13.1 Å². The Kier molecular flexibility index (Phi) is 42.7. The average Bonchev–Trinajstić information content (AvgIpc) is 3.27.